The van der Waals surface area contributed by atoms with Crippen molar-refractivity contribution in [2.24, 2.45) is 0 Å². The molecule has 0 bridgehead atoms. The first-order valence-corrected chi connectivity index (χ1v) is 9.19. The number of benzene rings is 2. The Morgan fingerprint density at radius 1 is 1.14 bits per heavy atom. The van der Waals surface area contributed by atoms with Crippen LogP contribution in [-0.4, -0.2) is 31.8 Å². The van der Waals surface area contributed by atoms with Gasteiger partial charge < -0.3 is 19.3 Å². The molecule has 0 fully saturated rings. The fourth-order valence-corrected chi connectivity index (χ4v) is 3.07. The fraction of sp³-hybridized carbons (Fsp3) is 0.200. The van der Waals surface area contributed by atoms with Crippen LogP contribution in [0.15, 0.2) is 47.0 Å². The minimum Gasteiger partial charge on any atom is -0.497 e. The third-order valence-electron chi connectivity index (χ3n) is 4.13. The van der Waals surface area contributed by atoms with E-state index in [1.807, 2.05) is 12.1 Å². The Labute approximate surface area is 172 Å². The Morgan fingerprint density at radius 3 is 2.71 bits per heavy atom. The van der Waals surface area contributed by atoms with E-state index >= 15 is 0 Å². The van der Waals surface area contributed by atoms with Gasteiger partial charge in [0.05, 0.1) is 29.8 Å². The predicted molar refractivity (Wildman–Crippen MR) is 108 cm³/mol. The number of methoxy groups -OCH3 is 2. The summed E-state index contributed by atoms with van der Waals surface area (Å²) in [6, 6.07) is 12.2. The van der Waals surface area contributed by atoms with Crippen molar-refractivity contribution >= 4 is 29.1 Å². The number of ether oxygens (including phenoxy) is 2. The lowest BCUT2D eigenvalue weighted by Gasteiger charge is -2.07. The van der Waals surface area contributed by atoms with E-state index in [4.69, 9.17) is 37.2 Å². The monoisotopic (exact) mass is 420 g/mol. The number of hydrogen-bond acceptors (Lipinski definition) is 5. The van der Waals surface area contributed by atoms with Crippen molar-refractivity contribution < 1.29 is 18.8 Å². The second-order valence-corrected chi connectivity index (χ2v) is 6.65. The van der Waals surface area contributed by atoms with Crippen LogP contribution in [0.4, 0.5) is 0 Å². The second-order valence-electron chi connectivity index (χ2n) is 5.86. The lowest BCUT2D eigenvalue weighted by molar-refractivity contribution is 0.0945. The summed E-state index contributed by atoms with van der Waals surface area (Å²) in [5.41, 5.74) is 1.66. The zero-order valence-corrected chi connectivity index (χ0v) is 16.8. The van der Waals surface area contributed by atoms with Crippen LogP contribution in [0.2, 0.25) is 10.0 Å². The summed E-state index contributed by atoms with van der Waals surface area (Å²) in [6.45, 7) is 0.379. The molecule has 3 rings (SSSR count). The smallest absolute Gasteiger partial charge is 0.273 e. The quantitative estimate of drug-likeness (QED) is 0.602. The Morgan fingerprint density at radius 2 is 1.96 bits per heavy atom. The molecule has 0 spiro atoms. The number of carbonyl (C=O) groups excluding carboxylic acids is 1. The number of hydrogen-bond donors (Lipinski definition) is 1. The third kappa shape index (κ3) is 4.40. The highest BCUT2D eigenvalue weighted by atomic mass is 35.5. The number of aromatic nitrogens is 1. The average molecular weight is 421 g/mol. The molecule has 1 N–H and O–H groups in total. The number of rotatable bonds is 7. The molecule has 0 saturated carbocycles. The zero-order chi connectivity index (χ0) is 20.1. The van der Waals surface area contributed by atoms with Crippen molar-refractivity contribution in [3.8, 4) is 22.8 Å². The largest absolute Gasteiger partial charge is 0.497 e. The van der Waals surface area contributed by atoms with Crippen molar-refractivity contribution in [1.29, 1.82) is 0 Å². The molecule has 3 aromatic rings. The summed E-state index contributed by atoms with van der Waals surface area (Å²) < 4.78 is 15.9. The molecule has 146 valence electrons. The minimum atomic E-state index is -0.352. The highest BCUT2D eigenvalue weighted by Crippen LogP contribution is 2.33. The van der Waals surface area contributed by atoms with Crippen molar-refractivity contribution in [3.63, 3.8) is 0 Å². The first kappa shape index (κ1) is 20.0. The molecule has 1 aromatic heterocycles. The second kappa shape index (κ2) is 8.99. The van der Waals surface area contributed by atoms with Gasteiger partial charge >= 0.3 is 0 Å². The van der Waals surface area contributed by atoms with Gasteiger partial charge in [-0.2, -0.15) is 0 Å². The molecular weight excluding hydrogens is 403 g/mol. The summed E-state index contributed by atoms with van der Waals surface area (Å²) in [5.74, 6) is 1.27. The highest BCUT2D eigenvalue weighted by molar-refractivity contribution is 6.42. The summed E-state index contributed by atoms with van der Waals surface area (Å²) in [4.78, 5) is 12.4. The van der Waals surface area contributed by atoms with Crippen LogP contribution in [0.1, 0.15) is 16.1 Å². The van der Waals surface area contributed by atoms with E-state index in [1.165, 1.54) is 0 Å². The molecule has 0 atom stereocenters. The van der Waals surface area contributed by atoms with Gasteiger partial charge in [-0.15, -0.1) is 0 Å². The lowest BCUT2D eigenvalue weighted by Crippen LogP contribution is -2.26. The standard InChI is InChI=1S/C20H18Cl2N2O4/c1-26-13-6-7-17(27-2)14(10-13)18-11-16(24-28-18)20(25)23-9-8-12-4-3-5-15(21)19(12)22/h3-7,10-11H,8-9H2,1-2H3,(H,23,25). The minimum absolute atomic E-state index is 0.164. The van der Waals surface area contributed by atoms with Crippen molar-refractivity contribution in [1.82, 2.24) is 10.5 Å². The molecule has 0 aliphatic carbocycles. The van der Waals surface area contributed by atoms with Crippen LogP contribution in [0.25, 0.3) is 11.3 Å². The zero-order valence-electron chi connectivity index (χ0n) is 15.3. The third-order valence-corrected chi connectivity index (χ3v) is 4.98. The molecule has 8 heteroatoms. The summed E-state index contributed by atoms with van der Waals surface area (Å²) in [7, 11) is 3.12. The topological polar surface area (TPSA) is 73.6 Å². The number of amides is 1. The molecule has 6 nitrogen and oxygen atoms in total. The maximum absolute atomic E-state index is 12.4. The summed E-state index contributed by atoms with van der Waals surface area (Å²) >= 11 is 12.2. The number of carbonyl (C=O) groups is 1. The summed E-state index contributed by atoms with van der Waals surface area (Å²) in [5, 5.41) is 7.62. The predicted octanol–water partition coefficient (Wildman–Crippen LogP) is 4.64. The Balaban J connectivity index is 1.68. The molecule has 2 aromatic carbocycles. The van der Waals surface area contributed by atoms with Gasteiger partial charge in [0.25, 0.3) is 5.91 Å². The van der Waals surface area contributed by atoms with Crippen LogP contribution in [0, 0.1) is 0 Å². The molecule has 0 saturated heterocycles. The molecular formula is C20H18Cl2N2O4. The van der Waals surface area contributed by atoms with Crippen LogP contribution < -0.4 is 14.8 Å². The lowest BCUT2D eigenvalue weighted by atomic mass is 10.1. The van der Waals surface area contributed by atoms with Gasteiger partial charge in [-0.1, -0.05) is 40.5 Å². The molecule has 28 heavy (non-hydrogen) atoms. The van der Waals surface area contributed by atoms with Crippen molar-refractivity contribution in [3.05, 3.63) is 63.8 Å². The highest BCUT2D eigenvalue weighted by Gasteiger charge is 2.17. The maximum atomic E-state index is 12.4. The van der Waals surface area contributed by atoms with E-state index in [0.29, 0.717) is 45.8 Å². The molecule has 0 aliphatic heterocycles. The van der Waals surface area contributed by atoms with Gasteiger partial charge in [0.1, 0.15) is 11.5 Å². The van der Waals surface area contributed by atoms with Gasteiger partial charge in [-0.3, -0.25) is 4.79 Å². The van der Waals surface area contributed by atoms with Crippen LogP contribution in [-0.2, 0) is 6.42 Å². The fourth-order valence-electron chi connectivity index (χ4n) is 2.66. The van der Waals surface area contributed by atoms with E-state index in [9.17, 15) is 4.79 Å². The molecule has 0 unspecified atom stereocenters. The van der Waals surface area contributed by atoms with E-state index in [0.717, 1.165) is 5.56 Å². The number of halogens is 2. The van der Waals surface area contributed by atoms with E-state index in [1.54, 1.807) is 44.6 Å². The molecule has 1 amide bonds. The molecule has 0 aliphatic rings. The Kier molecular flexibility index (Phi) is 6.44. The normalized spacial score (nSPS) is 10.6. The van der Waals surface area contributed by atoms with Crippen LogP contribution in [0.5, 0.6) is 11.5 Å². The van der Waals surface area contributed by atoms with Gasteiger partial charge in [-0.25, -0.2) is 0 Å². The van der Waals surface area contributed by atoms with Gasteiger partial charge in [0.15, 0.2) is 11.5 Å². The maximum Gasteiger partial charge on any atom is 0.273 e. The van der Waals surface area contributed by atoms with E-state index in [-0.39, 0.29) is 11.6 Å². The van der Waals surface area contributed by atoms with E-state index in [2.05, 4.69) is 10.5 Å². The Hall–Kier alpha value is -2.70. The SMILES string of the molecule is COc1ccc(OC)c(-c2cc(C(=O)NCCc3cccc(Cl)c3Cl)no2)c1. The van der Waals surface area contributed by atoms with Gasteiger partial charge in [0, 0.05) is 12.6 Å². The van der Waals surface area contributed by atoms with E-state index < -0.39 is 0 Å². The number of nitrogens with zero attached hydrogens (tertiary/aromatic N) is 1. The molecule has 0 radical (unpaired) electrons. The molecule has 1 heterocycles. The van der Waals surface area contributed by atoms with Crippen molar-refractivity contribution in [2.45, 2.75) is 6.42 Å². The van der Waals surface area contributed by atoms with Crippen LogP contribution in [0.3, 0.4) is 0 Å². The van der Waals surface area contributed by atoms with Gasteiger partial charge in [0.2, 0.25) is 0 Å². The Bertz CT molecular complexity index is 988. The number of nitrogens with one attached hydrogen (secondary N) is 1. The average Bonchev–Trinajstić information content (AvgIpc) is 3.20. The van der Waals surface area contributed by atoms with Crippen LogP contribution >= 0.6 is 23.2 Å². The van der Waals surface area contributed by atoms with Crippen molar-refractivity contribution in [2.75, 3.05) is 20.8 Å². The van der Waals surface area contributed by atoms with Gasteiger partial charge in [-0.05, 0) is 36.2 Å². The first-order valence-electron chi connectivity index (χ1n) is 8.43. The first-order chi connectivity index (χ1) is 13.5. The summed E-state index contributed by atoms with van der Waals surface area (Å²) in [6.07, 6.45) is 0.541.